The van der Waals surface area contributed by atoms with Crippen molar-refractivity contribution in [2.45, 2.75) is 44.6 Å². The molecule has 0 spiro atoms. The van der Waals surface area contributed by atoms with Crippen molar-refractivity contribution >= 4 is 0 Å². The molecule has 1 rings (SSSR count). The second-order valence-corrected chi connectivity index (χ2v) is 3.42. The quantitative estimate of drug-likeness (QED) is 0.677. The summed E-state index contributed by atoms with van der Waals surface area (Å²) < 4.78 is 5.23. The van der Waals surface area contributed by atoms with Crippen molar-refractivity contribution in [2.24, 2.45) is 0 Å². The average Bonchev–Trinajstić information content (AvgIpc) is 2.03. The summed E-state index contributed by atoms with van der Waals surface area (Å²) in [6.45, 7) is 3.21. The third-order valence-corrected chi connectivity index (χ3v) is 2.36. The SMILES string of the molecule is CCOCC1(O)CCCCC1. The minimum absolute atomic E-state index is 0.492. The van der Waals surface area contributed by atoms with Gasteiger partial charge in [0.25, 0.3) is 0 Å². The van der Waals surface area contributed by atoms with Gasteiger partial charge in [-0.25, -0.2) is 0 Å². The van der Waals surface area contributed by atoms with Crippen LogP contribution in [0.3, 0.4) is 0 Å². The number of hydrogen-bond acceptors (Lipinski definition) is 2. The van der Waals surface area contributed by atoms with Crippen LogP contribution in [0.1, 0.15) is 39.0 Å². The molecule has 1 saturated carbocycles. The van der Waals surface area contributed by atoms with Crippen molar-refractivity contribution in [3.63, 3.8) is 0 Å². The molecule has 0 radical (unpaired) electrons. The molecule has 0 aromatic rings. The second kappa shape index (κ2) is 4.07. The Kier molecular flexibility index (Phi) is 3.34. The van der Waals surface area contributed by atoms with Crippen LogP contribution >= 0.6 is 0 Å². The topological polar surface area (TPSA) is 29.5 Å². The molecule has 0 saturated heterocycles. The van der Waals surface area contributed by atoms with Crippen molar-refractivity contribution in [2.75, 3.05) is 13.2 Å². The van der Waals surface area contributed by atoms with Crippen molar-refractivity contribution < 1.29 is 9.84 Å². The van der Waals surface area contributed by atoms with E-state index in [2.05, 4.69) is 0 Å². The predicted octanol–water partition coefficient (Wildman–Crippen LogP) is 1.72. The third-order valence-electron chi connectivity index (χ3n) is 2.36. The van der Waals surface area contributed by atoms with E-state index in [1.54, 1.807) is 0 Å². The molecule has 11 heavy (non-hydrogen) atoms. The highest BCUT2D eigenvalue weighted by Crippen LogP contribution is 2.27. The zero-order valence-electron chi connectivity index (χ0n) is 7.31. The summed E-state index contributed by atoms with van der Waals surface area (Å²) in [5.74, 6) is 0. The zero-order chi connectivity index (χ0) is 8.16. The maximum absolute atomic E-state index is 9.88. The lowest BCUT2D eigenvalue weighted by Gasteiger charge is -2.31. The van der Waals surface area contributed by atoms with Gasteiger partial charge in [-0.2, -0.15) is 0 Å². The van der Waals surface area contributed by atoms with Crippen LogP contribution in [0.4, 0.5) is 0 Å². The molecule has 66 valence electrons. The Hall–Kier alpha value is -0.0800. The largest absolute Gasteiger partial charge is 0.387 e. The summed E-state index contributed by atoms with van der Waals surface area (Å²) in [5.41, 5.74) is -0.492. The second-order valence-electron chi connectivity index (χ2n) is 3.42. The van der Waals surface area contributed by atoms with E-state index < -0.39 is 5.60 Å². The predicted molar refractivity (Wildman–Crippen MR) is 44.5 cm³/mol. The van der Waals surface area contributed by atoms with Gasteiger partial charge >= 0.3 is 0 Å². The lowest BCUT2D eigenvalue weighted by atomic mass is 9.86. The lowest BCUT2D eigenvalue weighted by molar-refractivity contribution is -0.0657. The van der Waals surface area contributed by atoms with Gasteiger partial charge in [-0.1, -0.05) is 19.3 Å². The minimum atomic E-state index is -0.492. The van der Waals surface area contributed by atoms with Gasteiger partial charge in [-0.3, -0.25) is 0 Å². The summed E-state index contributed by atoms with van der Waals surface area (Å²) in [4.78, 5) is 0. The molecule has 0 aromatic heterocycles. The highest BCUT2D eigenvalue weighted by atomic mass is 16.5. The summed E-state index contributed by atoms with van der Waals surface area (Å²) in [6.07, 6.45) is 5.43. The number of aliphatic hydroxyl groups is 1. The summed E-state index contributed by atoms with van der Waals surface area (Å²) in [7, 11) is 0. The Morgan fingerprint density at radius 3 is 2.45 bits per heavy atom. The molecule has 0 heterocycles. The lowest BCUT2D eigenvalue weighted by Crippen LogP contribution is -2.36. The Bertz CT molecular complexity index is 106. The van der Waals surface area contributed by atoms with E-state index in [-0.39, 0.29) is 0 Å². The Morgan fingerprint density at radius 1 is 1.27 bits per heavy atom. The zero-order valence-corrected chi connectivity index (χ0v) is 7.31. The number of ether oxygens (including phenoxy) is 1. The first kappa shape index (κ1) is 9.01. The molecule has 1 fully saturated rings. The van der Waals surface area contributed by atoms with Gasteiger partial charge in [-0.15, -0.1) is 0 Å². The van der Waals surface area contributed by atoms with Crippen LogP contribution in [0.15, 0.2) is 0 Å². The summed E-state index contributed by atoms with van der Waals surface area (Å²) in [5, 5.41) is 9.88. The van der Waals surface area contributed by atoms with Gasteiger partial charge < -0.3 is 9.84 Å². The van der Waals surface area contributed by atoms with Crippen LogP contribution in [0.25, 0.3) is 0 Å². The maximum Gasteiger partial charge on any atom is 0.0880 e. The van der Waals surface area contributed by atoms with Crippen molar-refractivity contribution in [1.29, 1.82) is 0 Å². The normalized spacial score (nSPS) is 23.5. The summed E-state index contributed by atoms with van der Waals surface area (Å²) >= 11 is 0. The standard InChI is InChI=1S/C9H18O2/c1-2-11-8-9(10)6-4-3-5-7-9/h10H,2-8H2,1H3. The first-order valence-corrected chi connectivity index (χ1v) is 4.57. The molecule has 1 aliphatic carbocycles. The van der Waals surface area contributed by atoms with E-state index in [0.29, 0.717) is 13.2 Å². The highest BCUT2D eigenvalue weighted by molar-refractivity contribution is 4.81. The molecule has 1 aliphatic rings. The summed E-state index contributed by atoms with van der Waals surface area (Å²) in [6, 6.07) is 0. The monoisotopic (exact) mass is 158 g/mol. The smallest absolute Gasteiger partial charge is 0.0880 e. The molecule has 0 aliphatic heterocycles. The maximum atomic E-state index is 9.88. The first-order chi connectivity index (χ1) is 5.27. The average molecular weight is 158 g/mol. The van der Waals surface area contributed by atoms with Crippen LogP contribution in [0.5, 0.6) is 0 Å². The van der Waals surface area contributed by atoms with E-state index in [4.69, 9.17) is 4.74 Å². The van der Waals surface area contributed by atoms with Crippen LogP contribution in [0, 0.1) is 0 Å². The van der Waals surface area contributed by atoms with Gasteiger partial charge in [0.05, 0.1) is 12.2 Å². The fourth-order valence-electron chi connectivity index (χ4n) is 1.65. The molecule has 0 amide bonds. The molecule has 2 nitrogen and oxygen atoms in total. The Morgan fingerprint density at radius 2 is 1.91 bits per heavy atom. The van der Waals surface area contributed by atoms with E-state index in [1.807, 2.05) is 6.92 Å². The van der Waals surface area contributed by atoms with Crippen LogP contribution in [-0.4, -0.2) is 23.9 Å². The van der Waals surface area contributed by atoms with E-state index in [1.165, 1.54) is 6.42 Å². The fourth-order valence-corrected chi connectivity index (χ4v) is 1.65. The van der Waals surface area contributed by atoms with Gasteiger partial charge in [0.1, 0.15) is 0 Å². The molecular formula is C9H18O2. The van der Waals surface area contributed by atoms with Crippen LogP contribution in [-0.2, 0) is 4.74 Å². The molecule has 2 heteroatoms. The van der Waals surface area contributed by atoms with E-state index in [0.717, 1.165) is 25.7 Å². The number of hydrogen-bond donors (Lipinski definition) is 1. The van der Waals surface area contributed by atoms with Gasteiger partial charge in [0.15, 0.2) is 0 Å². The molecule has 0 aromatic carbocycles. The van der Waals surface area contributed by atoms with Crippen LogP contribution in [0.2, 0.25) is 0 Å². The van der Waals surface area contributed by atoms with Crippen LogP contribution < -0.4 is 0 Å². The number of rotatable bonds is 3. The minimum Gasteiger partial charge on any atom is -0.387 e. The van der Waals surface area contributed by atoms with Crippen molar-refractivity contribution in [3.05, 3.63) is 0 Å². The fraction of sp³-hybridized carbons (Fsp3) is 1.00. The Balaban J connectivity index is 2.25. The van der Waals surface area contributed by atoms with Gasteiger partial charge in [0.2, 0.25) is 0 Å². The van der Waals surface area contributed by atoms with Crippen molar-refractivity contribution in [3.8, 4) is 0 Å². The molecule has 0 atom stereocenters. The molecule has 0 bridgehead atoms. The van der Waals surface area contributed by atoms with Crippen molar-refractivity contribution in [1.82, 2.24) is 0 Å². The van der Waals surface area contributed by atoms with E-state index in [9.17, 15) is 5.11 Å². The highest BCUT2D eigenvalue weighted by Gasteiger charge is 2.28. The van der Waals surface area contributed by atoms with Gasteiger partial charge in [0, 0.05) is 6.61 Å². The Labute approximate surface area is 68.6 Å². The third kappa shape index (κ3) is 2.80. The molecule has 0 unspecified atom stereocenters. The molecule has 1 N–H and O–H groups in total. The first-order valence-electron chi connectivity index (χ1n) is 4.57. The van der Waals surface area contributed by atoms with Gasteiger partial charge in [-0.05, 0) is 19.8 Å². The molecular weight excluding hydrogens is 140 g/mol. The van der Waals surface area contributed by atoms with E-state index >= 15 is 0 Å².